The minimum absolute atomic E-state index is 0.0109. The van der Waals surface area contributed by atoms with Crippen LogP contribution < -0.4 is 5.32 Å². The van der Waals surface area contributed by atoms with Gasteiger partial charge in [-0.1, -0.05) is 60.3 Å². The highest BCUT2D eigenvalue weighted by Crippen LogP contribution is 2.29. The van der Waals surface area contributed by atoms with Crippen molar-refractivity contribution in [1.29, 1.82) is 0 Å². The molecular weight excluding hydrogens is 420 g/mol. The zero-order valence-corrected chi connectivity index (χ0v) is 18.6. The molecule has 0 spiro atoms. The maximum atomic E-state index is 12.5. The second-order valence-corrected chi connectivity index (χ2v) is 8.21. The number of para-hydroxylation sites is 1. The minimum atomic E-state index is -0.161. The molecule has 1 aromatic heterocycles. The fraction of sp³-hybridized carbons (Fsp3) is 0.120. The van der Waals surface area contributed by atoms with E-state index >= 15 is 0 Å². The largest absolute Gasteiger partial charge is 0.325 e. The first-order chi connectivity index (χ1) is 15.5. The maximum absolute atomic E-state index is 12.5. The van der Waals surface area contributed by atoms with Crippen molar-refractivity contribution in [3.05, 3.63) is 90.0 Å². The van der Waals surface area contributed by atoms with Gasteiger partial charge in [0, 0.05) is 16.8 Å². The second kappa shape index (κ2) is 9.62. The predicted octanol–water partition coefficient (Wildman–Crippen LogP) is 5.18. The number of amides is 1. The molecule has 0 fully saturated rings. The third kappa shape index (κ3) is 4.78. The monoisotopic (exact) mass is 442 g/mol. The van der Waals surface area contributed by atoms with Gasteiger partial charge in [-0.15, -0.1) is 10.2 Å². The van der Waals surface area contributed by atoms with Crippen molar-refractivity contribution in [3.8, 4) is 17.1 Å². The van der Waals surface area contributed by atoms with Gasteiger partial charge >= 0.3 is 0 Å². The van der Waals surface area contributed by atoms with Crippen LogP contribution in [0.25, 0.3) is 17.1 Å². The molecule has 0 saturated heterocycles. The van der Waals surface area contributed by atoms with E-state index in [1.807, 2.05) is 66.1 Å². The number of nitrogens with zero attached hydrogens (tertiary/aromatic N) is 3. The Hall–Kier alpha value is -3.71. The van der Waals surface area contributed by atoms with E-state index in [-0.39, 0.29) is 17.4 Å². The lowest BCUT2D eigenvalue weighted by Gasteiger charge is -2.13. The zero-order valence-electron chi connectivity index (χ0n) is 17.8. The van der Waals surface area contributed by atoms with Crippen molar-refractivity contribution in [1.82, 2.24) is 14.8 Å². The molecule has 0 unspecified atom stereocenters. The van der Waals surface area contributed by atoms with Gasteiger partial charge in [-0.3, -0.25) is 14.2 Å². The predicted molar refractivity (Wildman–Crippen MR) is 127 cm³/mol. The van der Waals surface area contributed by atoms with Crippen LogP contribution >= 0.6 is 11.8 Å². The third-order valence-corrected chi connectivity index (χ3v) is 5.86. The Balaban J connectivity index is 1.56. The van der Waals surface area contributed by atoms with Crippen LogP contribution in [0.5, 0.6) is 0 Å². The van der Waals surface area contributed by atoms with E-state index in [4.69, 9.17) is 0 Å². The summed E-state index contributed by atoms with van der Waals surface area (Å²) in [6.45, 7) is 3.55. The molecule has 0 aliphatic carbocycles. The molecule has 1 amide bonds. The van der Waals surface area contributed by atoms with E-state index in [0.717, 1.165) is 22.6 Å². The number of ketones is 1. The normalized spacial score (nSPS) is 10.7. The summed E-state index contributed by atoms with van der Waals surface area (Å²) in [5.41, 5.74) is 4.26. The number of Topliss-reactive ketones (excluding diaryl/α,β-unsaturated/α-hetero) is 1. The highest BCUT2D eigenvalue weighted by atomic mass is 32.2. The van der Waals surface area contributed by atoms with E-state index in [1.165, 1.54) is 18.7 Å². The fourth-order valence-corrected chi connectivity index (χ4v) is 4.03. The van der Waals surface area contributed by atoms with Crippen molar-refractivity contribution in [3.63, 3.8) is 0 Å². The van der Waals surface area contributed by atoms with Crippen LogP contribution in [0.3, 0.4) is 0 Å². The maximum Gasteiger partial charge on any atom is 0.234 e. The standard InChI is InChI=1S/C25H22N4O2S/c1-17-8-6-7-11-22(17)29-24(20-9-4-3-5-10-20)27-28-25(29)32-16-23(31)26-21-14-12-19(13-15-21)18(2)30/h3-15H,16H2,1-2H3,(H,26,31). The molecule has 0 aliphatic rings. The summed E-state index contributed by atoms with van der Waals surface area (Å²) in [6.07, 6.45) is 0. The van der Waals surface area contributed by atoms with Gasteiger partial charge in [-0.05, 0) is 49.7 Å². The van der Waals surface area contributed by atoms with Crippen LogP contribution in [0.15, 0.2) is 84.0 Å². The van der Waals surface area contributed by atoms with Gasteiger partial charge in [-0.2, -0.15) is 0 Å². The summed E-state index contributed by atoms with van der Waals surface area (Å²) in [5, 5.41) is 12.3. The molecule has 0 bridgehead atoms. The number of aromatic nitrogens is 3. The van der Waals surface area contributed by atoms with Crippen LogP contribution in [-0.4, -0.2) is 32.2 Å². The van der Waals surface area contributed by atoms with Crippen molar-refractivity contribution in [2.24, 2.45) is 0 Å². The van der Waals surface area contributed by atoms with Crippen molar-refractivity contribution in [2.75, 3.05) is 11.1 Å². The molecule has 32 heavy (non-hydrogen) atoms. The van der Waals surface area contributed by atoms with Crippen LogP contribution in [0.2, 0.25) is 0 Å². The van der Waals surface area contributed by atoms with Gasteiger partial charge in [0.05, 0.1) is 11.4 Å². The lowest BCUT2D eigenvalue weighted by Crippen LogP contribution is -2.14. The lowest BCUT2D eigenvalue weighted by molar-refractivity contribution is -0.113. The number of carbonyl (C=O) groups is 2. The first-order valence-corrected chi connectivity index (χ1v) is 11.1. The Morgan fingerprint density at radius 1 is 0.906 bits per heavy atom. The number of benzene rings is 3. The Morgan fingerprint density at radius 3 is 2.28 bits per heavy atom. The number of hydrogen-bond acceptors (Lipinski definition) is 5. The van der Waals surface area contributed by atoms with Gasteiger partial charge in [-0.25, -0.2) is 0 Å². The molecule has 0 saturated carbocycles. The van der Waals surface area contributed by atoms with Crippen molar-refractivity contribution >= 4 is 29.1 Å². The first kappa shape index (κ1) is 21.5. The smallest absolute Gasteiger partial charge is 0.234 e. The van der Waals surface area contributed by atoms with E-state index in [0.29, 0.717) is 16.4 Å². The summed E-state index contributed by atoms with van der Waals surface area (Å²) >= 11 is 1.32. The number of thioether (sulfide) groups is 1. The third-order valence-electron chi connectivity index (χ3n) is 4.93. The van der Waals surface area contributed by atoms with Gasteiger partial charge in [0.1, 0.15) is 0 Å². The summed E-state index contributed by atoms with van der Waals surface area (Å²) in [5.74, 6) is 0.727. The highest BCUT2D eigenvalue weighted by Gasteiger charge is 2.18. The van der Waals surface area contributed by atoms with Crippen molar-refractivity contribution < 1.29 is 9.59 Å². The molecule has 0 atom stereocenters. The number of carbonyl (C=O) groups excluding carboxylic acids is 2. The van der Waals surface area contributed by atoms with Crippen LogP contribution in [-0.2, 0) is 4.79 Å². The number of aryl methyl sites for hydroxylation is 1. The quantitative estimate of drug-likeness (QED) is 0.315. The van der Waals surface area contributed by atoms with E-state index in [1.54, 1.807) is 24.3 Å². The van der Waals surface area contributed by atoms with E-state index < -0.39 is 0 Å². The highest BCUT2D eigenvalue weighted by molar-refractivity contribution is 7.99. The molecule has 160 valence electrons. The topological polar surface area (TPSA) is 76.9 Å². The van der Waals surface area contributed by atoms with Crippen LogP contribution in [0.4, 0.5) is 5.69 Å². The average molecular weight is 443 g/mol. The average Bonchev–Trinajstić information content (AvgIpc) is 3.23. The van der Waals surface area contributed by atoms with E-state index in [9.17, 15) is 9.59 Å². The van der Waals surface area contributed by atoms with Crippen LogP contribution in [0, 0.1) is 6.92 Å². The number of hydrogen-bond donors (Lipinski definition) is 1. The molecule has 3 aromatic carbocycles. The Kier molecular flexibility index (Phi) is 6.47. The van der Waals surface area contributed by atoms with Gasteiger partial charge < -0.3 is 5.32 Å². The number of rotatable bonds is 7. The lowest BCUT2D eigenvalue weighted by atomic mass is 10.1. The molecular formula is C25H22N4O2S. The van der Waals surface area contributed by atoms with Crippen LogP contribution in [0.1, 0.15) is 22.8 Å². The summed E-state index contributed by atoms with van der Waals surface area (Å²) in [4.78, 5) is 23.9. The SMILES string of the molecule is CC(=O)c1ccc(NC(=O)CSc2nnc(-c3ccccc3)n2-c2ccccc2C)cc1. The number of nitrogens with one attached hydrogen (secondary N) is 1. The molecule has 4 aromatic rings. The Labute approximate surface area is 190 Å². The van der Waals surface area contributed by atoms with E-state index in [2.05, 4.69) is 15.5 Å². The first-order valence-electron chi connectivity index (χ1n) is 10.1. The summed E-state index contributed by atoms with van der Waals surface area (Å²) < 4.78 is 1.99. The summed E-state index contributed by atoms with van der Waals surface area (Å²) in [6, 6.07) is 24.7. The molecule has 6 nitrogen and oxygen atoms in total. The molecule has 0 aliphatic heterocycles. The van der Waals surface area contributed by atoms with Gasteiger partial charge in [0.15, 0.2) is 16.8 Å². The van der Waals surface area contributed by atoms with Gasteiger partial charge in [0.2, 0.25) is 5.91 Å². The number of anilines is 1. The second-order valence-electron chi connectivity index (χ2n) is 7.26. The molecule has 4 rings (SSSR count). The Bertz CT molecular complexity index is 1250. The summed E-state index contributed by atoms with van der Waals surface area (Å²) in [7, 11) is 0. The van der Waals surface area contributed by atoms with Gasteiger partial charge in [0.25, 0.3) is 0 Å². The molecule has 1 N–H and O–H groups in total. The fourth-order valence-electron chi connectivity index (χ4n) is 3.28. The minimum Gasteiger partial charge on any atom is -0.325 e. The van der Waals surface area contributed by atoms with Crippen molar-refractivity contribution in [2.45, 2.75) is 19.0 Å². The molecule has 7 heteroatoms. The molecule has 0 radical (unpaired) electrons. The Morgan fingerprint density at radius 2 is 1.59 bits per heavy atom. The zero-order chi connectivity index (χ0) is 22.5. The molecule has 1 heterocycles.